The highest BCUT2D eigenvalue weighted by atomic mass is 127. The van der Waals surface area contributed by atoms with Crippen LogP contribution in [0.25, 0.3) is 0 Å². The predicted octanol–water partition coefficient (Wildman–Crippen LogP) is 2.65. The van der Waals surface area contributed by atoms with Gasteiger partial charge in [0.2, 0.25) is 0 Å². The second-order valence-corrected chi connectivity index (χ2v) is 6.19. The molecule has 0 aliphatic carbocycles. The normalized spacial score (nSPS) is 11.3. The van der Waals surface area contributed by atoms with Gasteiger partial charge >= 0.3 is 0 Å². The lowest BCUT2D eigenvalue weighted by Crippen LogP contribution is -2.07. The number of hydrogen-bond acceptors (Lipinski definition) is 3. The van der Waals surface area contributed by atoms with Gasteiger partial charge in [-0.1, -0.05) is 24.3 Å². The van der Waals surface area contributed by atoms with Gasteiger partial charge in [-0.3, -0.25) is 4.18 Å². The smallest absolute Gasteiger partial charge is 0.261 e. The van der Waals surface area contributed by atoms with E-state index in [-0.39, 0.29) is 11.5 Å². The van der Waals surface area contributed by atoms with Crippen LogP contribution in [0.2, 0.25) is 0 Å². The van der Waals surface area contributed by atoms with E-state index in [9.17, 15) is 8.42 Å². The summed E-state index contributed by atoms with van der Waals surface area (Å²) in [5.74, 6) is 0. The van der Waals surface area contributed by atoms with Crippen molar-refractivity contribution in [2.24, 2.45) is 0 Å². The second-order valence-electron chi connectivity index (χ2n) is 3.05. The summed E-state index contributed by atoms with van der Waals surface area (Å²) in [6.07, 6.45) is 0. The summed E-state index contributed by atoms with van der Waals surface area (Å²) in [5.41, 5.74) is 1.01. The molecule has 0 N–H and O–H groups in total. The number of hydrogen-bond donors (Lipinski definition) is 0. The van der Waals surface area contributed by atoms with Crippen molar-refractivity contribution in [3.8, 4) is 0 Å². The SMILES string of the molecule is C=C(I)COS(=O)(=O)c1ccc(C)cc1. The lowest BCUT2D eigenvalue weighted by Gasteiger charge is -2.04. The highest BCUT2D eigenvalue weighted by Crippen LogP contribution is 2.15. The van der Waals surface area contributed by atoms with Crippen LogP contribution in [0.15, 0.2) is 39.3 Å². The van der Waals surface area contributed by atoms with Gasteiger partial charge in [-0.2, -0.15) is 8.42 Å². The fourth-order valence-electron chi connectivity index (χ4n) is 0.914. The maximum atomic E-state index is 11.6. The molecule has 0 saturated carbocycles. The standard InChI is InChI=1S/C10H11IO3S/c1-8-3-5-10(6-4-8)15(12,13)14-7-9(2)11/h3-6H,2,7H2,1H3. The van der Waals surface area contributed by atoms with Crippen molar-refractivity contribution in [1.29, 1.82) is 0 Å². The van der Waals surface area contributed by atoms with Crippen LogP contribution in [0.4, 0.5) is 0 Å². The van der Waals surface area contributed by atoms with Gasteiger partial charge in [0.05, 0.1) is 11.5 Å². The quantitative estimate of drug-likeness (QED) is 0.626. The number of benzene rings is 1. The number of halogens is 1. The van der Waals surface area contributed by atoms with E-state index in [1.54, 1.807) is 12.1 Å². The summed E-state index contributed by atoms with van der Waals surface area (Å²) in [5, 5.41) is 0. The lowest BCUT2D eigenvalue weighted by atomic mass is 10.2. The Morgan fingerprint density at radius 1 is 1.40 bits per heavy atom. The molecule has 15 heavy (non-hydrogen) atoms. The van der Waals surface area contributed by atoms with Crippen molar-refractivity contribution in [1.82, 2.24) is 0 Å². The molecule has 0 atom stereocenters. The van der Waals surface area contributed by atoms with E-state index in [0.29, 0.717) is 3.58 Å². The molecule has 0 spiro atoms. The minimum absolute atomic E-state index is 0.0107. The van der Waals surface area contributed by atoms with Crippen LogP contribution >= 0.6 is 22.6 Å². The average Bonchev–Trinajstić information content (AvgIpc) is 2.16. The molecule has 3 nitrogen and oxygen atoms in total. The molecule has 0 aromatic heterocycles. The van der Waals surface area contributed by atoms with Crippen molar-refractivity contribution in [3.05, 3.63) is 40.0 Å². The van der Waals surface area contributed by atoms with Gasteiger partial charge in [0.15, 0.2) is 0 Å². The van der Waals surface area contributed by atoms with Crippen LogP contribution in [0, 0.1) is 6.92 Å². The summed E-state index contributed by atoms with van der Waals surface area (Å²) >= 11 is 1.92. The van der Waals surface area contributed by atoms with Gasteiger partial charge in [-0.15, -0.1) is 0 Å². The van der Waals surface area contributed by atoms with E-state index in [4.69, 9.17) is 4.18 Å². The molecule has 1 rings (SSSR count). The Labute approximate surface area is 103 Å². The maximum absolute atomic E-state index is 11.6. The molecule has 5 heteroatoms. The third kappa shape index (κ3) is 3.92. The van der Waals surface area contributed by atoms with E-state index in [2.05, 4.69) is 6.58 Å². The van der Waals surface area contributed by atoms with Gasteiger partial charge < -0.3 is 0 Å². The minimum Gasteiger partial charge on any atom is -0.261 e. The largest absolute Gasteiger partial charge is 0.297 e. The molecule has 1 aromatic rings. The van der Waals surface area contributed by atoms with Crippen LogP contribution in [-0.4, -0.2) is 15.0 Å². The lowest BCUT2D eigenvalue weighted by molar-refractivity contribution is 0.356. The van der Waals surface area contributed by atoms with E-state index in [1.165, 1.54) is 12.1 Å². The summed E-state index contributed by atoms with van der Waals surface area (Å²) < 4.78 is 28.6. The zero-order chi connectivity index (χ0) is 11.5. The van der Waals surface area contributed by atoms with E-state index >= 15 is 0 Å². The first-order valence-corrected chi connectivity index (χ1v) is 6.70. The summed E-state index contributed by atoms with van der Waals surface area (Å²) in [6, 6.07) is 6.52. The Morgan fingerprint density at radius 2 is 1.93 bits per heavy atom. The molecule has 0 bridgehead atoms. The first-order valence-electron chi connectivity index (χ1n) is 4.21. The Bertz CT molecular complexity index is 448. The molecule has 0 unspecified atom stereocenters. The zero-order valence-electron chi connectivity index (χ0n) is 8.23. The fourth-order valence-corrected chi connectivity index (χ4v) is 2.18. The molecular formula is C10H11IO3S. The first-order chi connectivity index (χ1) is 6.92. The van der Waals surface area contributed by atoms with Crippen LogP contribution in [0.3, 0.4) is 0 Å². The predicted molar refractivity (Wildman–Crippen MR) is 67.5 cm³/mol. The molecule has 1 aromatic carbocycles. The van der Waals surface area contributed by atoms with Crippen molar-refractivity contribution in [3.63, 3.8) is 0 Å². The topological polar surface area (TPSA) is 43.4 Å². The third-order valence-electron chi connectivity index (χ3n) is 1.68. The van der Waals surface area contributed by atoms with Crippen LogP contribution in [-0.2, 0) is 14.3 Å². The molecule has 0 fully saturated rings. The number of aryl methyl sites for hydroxylation is 1. The molecule has 0 radical (unpaired) electrons. The van der Waals surface area contributed by atoms with Crippen molar-refractivity contribution >= 4 is 32.7 Å². The molecule has 0 saturated heterocycles. The minimum atomic E-state index is -3.64. The third-order valence-corrected chi connectivity index (χ3v) is 3.27. The molecule has 0 heterocycles. The molecule has 0 aliphatic heterocycles. The van der Waals surface area contributed by atoms with Gasteiger partial charge in [0, 0.05) is 3.58 Å². The van der Waals surface area contributed by atoms with Crippen LogP contribution < -0.4 is 0 Å². The fraction of sp³-hybridized carbons (Fsp3) is 0.200. The van der Waals surface area contributed by atoms with Gasteiger partial charge in [-0.25, -0.2) is 0 Å². The van der Waals surface area contributed by atoms with Gasteiger partial charge in [0.1, 0.15) is 0 Å². The maximum Gasteiger partial charge on any atom is 0.297 e. The van der Waals surface area contributed by atoms with E-state index < -0.39 is 10.1 Å². The van der Waals surface area contributed by atoms with Crippen LogP contribution in [0.1, 0.15) is 5.56 Å². The monoisotopic (exact) mass is 338 g/mol. The van der Waals surface area contributed by atoms with Crippen molar-refractivity contribution in [2.75, 3.05) is 6.61 Å². The van der Waals surface area contributed by atoms with E-state index in [0.717, 1.165) is 5.56 Å². The highest BCUT2D eigenvalue weighted by Gasteiger charge is 2.14. The Kier molecular flexibility index (Phi) is 4.30. The molecular weight excluding hydrogens is 327 g/mol. The summed E-state index contributed by atoms with van der Waals surface area (Å²) in [6.45, 7) is 5.47. The summed E-state index contributed by atoms with van der Waals surface area (Å²) in [7, 11) is -3.64. The van der Waals surface area contributed by atoms with Crippen molar-refractivity contribution in [2.45, 2.75) is 11.8 Å². The second kappa shape index (κ2) is 5.09. The summed E-state index contributed by atoms with van der Waals surface area (Å²) in [4.78, 5) is 0.172. The molecule has 0 amide bonds. The Hall–Kier alpha value is -0.400. The van der Waals surface area contributed by atoms with Crippen LogP contribution in [0.5, 0.6) is 0 Å². The molecule has 82 valence electrons. The Morgan fingerprint density at radius 3 is 2.40 bits per heavy atom. The van der Waals surface area contributed by atoms with Gasteiger partial charge in [0.25, 0.3) is 10.1 Å². The Balaban J connectivity index is 2.87. The van der Waals surface area contributed by atoms with Crippen molar-refractivity contribution < 1.29 is 12.6 Å². The van der Waals surface area contributed by atoms with E-state index in [1.807, 2.05) is 29.5 Å². The average molecular weight is 338 g/mol. The highest BCUT2D eigenvalue weighted by molar-refractivity contribution is 14.1. The number of rotatable bonds is 4. The van der Waals surface area contributed by atoms with Gasteiger partial charge in [-0.05, 0) is 41.6 Å². The first kappa shape index (κ1) is 12.7. The zero-order valence-corrected chi connectivity index (χ0v) is 11.2. The molecule has 0 aliphatic rings.